The Bertz CT molecular complexity index is 380. The molecule has 0 radical (unpaired) electrons. The molecule has 1 heterocycles. The smallest absolute Gasteiger partial charge is 0.0645 e. The first-order valence-electron chi connectivity index (χ1n) is 6.93. The van der Waals surface area contributed by atoms with E-state index in [4.69, 9.17) is 0 Å². The topological polar surface area (TPSA) is 20.2 Å². The molecule has 1 unspecified atom stereocenters. The minimum absolute atomic E-state index is 0.178. The quantitative estimate of drug-likeness (QED) is 0.803. The Kier molecular flexibility index (Phi) is 4.90. The Hall–Kier alpha value is 0.140. The van der Waals surface area contributed by atoms with Gasteiger partial charge in [0.1, 0.15) is 0 Å². The zero-order valence-corrected chi connectivity index (χ0v) is 13.7. The van der Waals surface area contributed by atoms with Gasteiger partial charge in [0.05, 0.1) is 6.10 Å². The van der Waals surface area contributed by atoms with Crippen LogP contribution in [0.3, 0.4) is 0 Å². The van der Waals surface area contributed by atoms with Crippen molar-refractivity contribution >= 4 is 27.3 Å². The number of hydrogen-bond acceptors (Lipinski definition) is 2. The van der Waals surface area contributed by atoms with Crippen molar-refractivity contribution in [2.75, 3.05) is 0 Å². The van der Waals surface area contributed by atoms with Gasteiger partial charge in [0, 0.05) is 15.8 Å². The highest BCUT2D eigenvalue weighted by Crippen LogP contribution is 2.47. The van der Waals surface area contributed by atoms with E-state index in [0.29, 0.717) is 5.92 Å². The van der Waals surface area contributed by atoms with Crippen LogP contribution in [0.4, 0.5) is 0 Å². The van der Waals surface area contributed by atoms with Crippen molar-refractivity contribution < 1.29 is 5.11 Å². The Morgan fingerprint density at radius 3 is 2.56 bits per heavy atom. The van der Waals surface area contributed by atoms with Crippen LogP contribution in [0.1, 0.15) is 50.8 Å². The first kappa shape index (κ1) is 14.5. The van der Waals surface area contributed by atoms with Gasteiger partial charge in [-0.05, 0) is 58.0 Å². The highest BCUT2D eigenvalue weighted by molar-refractivity contribution is 9.10. The number of hydrogen-bond donors (Lipinski definition) is 1. The predicted octanol–water partition coefficient (Wildman–Crippen LogP) is 5.02. The molecule has 2 rings (SSSR count). The van der Waals surface area contributed by atoms with Gasteiger partial charge in [0.2, 0.25) is 0 Å². The average molecular weight is 331 g/mol. The molecule has 1 aliphatic carbocycles. The first-order valence-corrected chi connectivity index (χ1v) is 8.61. The summed E-state index contributed by atoms with van der Waals surface area (Å²) in [4.78, 5) is 1.29. The van der Waals surface area contributed by atoms with E-state index < -0.39 is 0 Å². The van der Waals surface area contributed by atoms with Gasteiger partial charge in [-0.2, -0.15) is 0 Å². The molecule has 0 aliphatic heterocycles. The fraction of sp³-hybridized carbons (Fsp3) is 0.733. The lowest BCUT2D eigenvalue weighted by Gasteiger charge is -2.36. The van der Waals surface area contributed by atoms with E-state index in [2.05, 4.69) is 41.2 Å². The molecule has 1 N–H and O–H groups in total. The molecule has 1 aliphatic rings. The Morgan fingerprint density at radius 2 is 2.06 bits per heavy atom. The summed E-state index contributed by atoms with van der Waals surface area (Å²) in [6.45, 7) is 4.54. The largest absolute Gasteiger partial charge is 0.392 e. The van der Waals surface area contributed by atoms with E-state index in [1.54, 1.807) is 11.3 Å². The summed E-state index contributed by atoms with van der Waals surface area (Å²) in [5.41, 5.74) is 0.178. The molecule has 0 saturated heterocycles. The van der Waals surface area contributed by atoms with Gasteiger partial charge in [-0.1, -0.05) is 26.7 Å². The van der Waals surface area contributed by atoms with Crippen molar-refractivity contribution in [1.82, 2.24) is 0 Å². The van der Waals surface area contributed by atoms with Crippen LogP contribution >= 0.6 is 27.3 Å². The van der Waals surface area contributed by atoms with Crippen LogP contribution in [0.5, 0.6) is 0 Å². The number of rotatable bonds is 5. The molecule has 1 atom stereocenters. The molecule has 0 spiro atoms. The second-order valence-corrected chi connectivity index (χ2v) is 7.93. The SMILES string of the molecule is CC(C)CC1(C(O)Cc2sccc2Br)CCCC1. The Labute approximate surface area is 123 Å². The zero-order valence-electron chi connectivity index (χ0n) is 11.3. The fourth-order valence-corrected chi connectivity index (χ4v) is 4.98. The third-order valence-electron chi connectivity index (χ3n) is 4.19. The molecule has 0 bridgehead atoms. The standard InChI is InChI=1S/C15H23BrOS/c1-11(2)10-15(6-3-4-7-15)14(17)9-13-12(16)5-8-18-13/h5,8,11,14,17H,3-4,6-7,9-10H2,1-2H3. The second kappa shape index (κ2) is 6.06. The normalized spacial score (nSPS) is 20.5. The van der Waals surface area contributed by atoms with E-state index in [1.165, 1.54) is 30.6 Å². The molecule has 0 amide bonds. The molecule has 1 fully saturated rings. The van der Waals surface area contributed by atoms with E-state index in [9.17, 15) is 5.11 Å². The van der Waals surface area contributed by atoms with Gasteiger partial charge in [0.25, 0.3) is 0 Å². The Balaban J connectivity index is 2.09. The molecule has 1 nitrogen and oxygen atoms in total. The maximum Gasteiger partial charge on any atom is 0.0645 e. The molecule has 3 heteroatoms. The van der Waals surface area contributed by atoms with Crippen molar-refractivity contribution in [3.05, 3.63) is 20.8 Å². The first-order chi connectivity index (χ1) is 8.53. The minimum Gasteiger partial charge on any atom is -0.392 e. The summed E-state index contributed by atoms with van der Waals surface area (Å²) in [5, 5.41) is 12.8. The zero-order chi connectivity index (χ0) is 13.2. The van der Waals surface area contributed by atoms with Gasteiger partial charge < -0.3 is 5.11 Å². The maximum absolute atomic E-state index is 10.7. The Morgan fingerprint density at radius 1 is 1.39 bits per heavy atom. The monoisotopic (exact) mass is 330 g/mol. The lowest BCUT2D eigenvalue weighted by molar-refractivity contribution is 0.0138. The van der Waals surface area contributed by atoms with E-state index in [-0.39, 0.29) is 11.5 Å². The van der Waals surface area contributed by atoms with Crippen molar-refractivity contribution in [3.8, 4) is 0 Å². The summed E-state index contributed by atoms with van der Waals surface area (Å²) < 4.78 is 1.16. The van der Waals surface area contributed by atoms with E-state index in [1.807, 2.05) is 0 Å². The summed E-state index contributed by atoms with van der Waals surface area (Å²) in [5.74, 6) is 0.671. The number of aliphatic hydroxyl groups is 1. The predicted molar refractivity (Wildman–Crippen MR) is 82.1 cm³/mol. The van der Waals surface area contributed by atoms with E-state index >= 15 is 0 Å². The lowest BCUT2D eigenvalue weighted by Crippen LogP contribution is -2.35. The molecule has 18 heavy (non-hydrogen) atoms. The minimum atomic E-state index is -0.183. The number of halogens is 1. The molecular formula is C15H23BrOS. The van der Waals surface area contributed by atoms with Crippen LogP contribution in [-0.2, 0) is 6.42 Å². The number of aliphatic hydroxyl groups excluding tert-OH is 1. The van der Waals surface area contributed by atoms with Gasteiger partial charge >= 0.3 is 0 Å². The lowest BCUT2D eigenvalue weighted by atomic mass is 9.73. The summed E-state index contributed by atoms with van der Waals surface area (Å²) in [7, 11) is 0. The molecular weight excluding hydrogens is 308 g/mol. The van der Waals surface area contributed by atoms with Crippen LogP contribution in [0.15, 0.2) is 15.9 Å². The van der Waals surface area contributed by atoms with Gasteiger partial charge in [-0.3, -0.25) is 0 Å². The third-order valence-corrected chi connectivity index (χ3v) is 6.14. The van der Waals surface area contributed by atoms with Crippen molar-refractivity contribution in [3.63, 3.8) is 0 Å². The summed E-state index contributed by atoms with van der Waals surface area (Å²) in [6, 6.07) is 2.08. The van der Waals surface area contributed by atoms with Crippen LogP contribution in [0, 0.1) is 11.3 Å². The highest BCUT2D eigenvalue weighted by Gasteiger charge is 2.40. The van der Waals surface area contributed by atoms with Gasteiger partial charge in [-0.15, -0.1) is 11.3 Å². The number of thiophene rings is 1. The highest BCUT2D eigenvalue weighted by atomic mass is 79.9. The van der Waals surface area contributed by atoms with Crippen molar-refractivity contribution in [2.45, 2.75) is 58.5 Å². The van der Waals surface area contributed by atoms with Crippen LogP contribution in [0.2, 0.25) is 0 Å². The van der Waals surface area contributed by atoms with Crippen molar-refractivity contribution in [1.29, 1.82) is 0 Å². The van der Waals surface area contributed by atoms with Crippen LogP contribution in [0.25, 0.3) is 0 Å². The average Bonchev–Trinajstić information content (AvgIpc) is 2.89. The fourth-order valence-electron chi connectivity index (χ4n) is 3.43. The molecule has 1 aromatic rings. The second-order valence-electron chi connectivity index (χ2n) is 6.08. The maximum atomic E-state index is 10.7. The van der Waals surface area contributed by atoms with Gasteiger partial charge in [0.15, 0.2) is 0 Å². The van der Waals surface area contributed by atoms with Crippen LogP contribution < -0.4 is 0 Å². The van der Waals surface area contributed by atoms with Crippen molar-refractivity contribution in [2.24, 2.45) is 11.3 Å². The molecule has 0 aromatic carbocycles. The summed E-state index contributed by atoms with van der Waals surface area (Å²) in [6.07, 6.45) is 6.77. The summed E-state index contributed by atoms with van der Waals surface area (Å²) >= 11 is 5.32. The van der Waals surface area contributed by atoms with Gasteiger partial charge in [-0.25, -0.2) is 0 Å². The molecule has 1 aromatic heterocycles. The molecule has 1 saturated carbocycles. The van der Waals surface area contributed by atoms with E-state index in [0.717, 1.165) is 17.3 Å². The molecule has 102 valence electrons. The third kappa shape index (κ3) is 3.17. The van der Waals surface area contributed by atoms with Crippen LogP contribution in [-0.4, -0.2) is 11.2 Å².